The van der Waals surface area contributed by atoms with Crippen LogP contribution in [0.4, 0.5) is 15.8 Å². The van der Waals surface area contributed by atoms with Crippen LogP contribution in [0.1, 0.15) is 20.7 Å². The number of Topliss-reactive ketones (excluding diaryl/α,β-unsaturated/α-hetero) is 1. The average molecular weight is 318 g/mol. The molecule has 7 nitrogen and oxygen atoms in total. The van der Waals surface area contributed by atoms with E-state index in [-0.39, 0.29) is 16.8 Å². The van der Waals surface area contributed by atoms with Gasteiger partial charge in [0.05, 0.1) is 10.5 Å². The lowest BCUT2D eigenvalue weighted by Gasteiger charge is -2.05. The number of anilines is 1. The molecule has 23 heavy (non-hydrogen) atoms. The summed E-state index contributed by atoms with van der Waals surface area (Å²) >= 11 is 0. The van der Waals surface area contributed by atoms with Crippen LogP contribution in [0.3, 0.4) is 0 Å². The number of esters is 1. The van der Waals surface area contributed by atoms with Gasteiger partial charge in [0.2, 0.25) is 0 Å². The van der Waals surface area contributed by atoms with Crippen LogP contribution in [-0.4, -0.2) is 23.3 Å². The Kier molecular flexibility index (Phi) is 4.65. The highest BCUT2D eigenvalue weighted by atomic mass is 19.1. The zero-order valence-electron chi connectivity index (χ0n) is 11.7. The number of rotatable bonds is 5. The number of carbonyl (C=O) groups is 2. The van der Waals surface area contributed by atoms with E-state index in [1.165, 1.54) is 30.3 Å². The maximum atomic E-state index is 13.0. The SMILES string of the molecule is Nc1ccc(C(=O)OCC(=O)c2cccc(F)c2)cc1[N+](=O)[O-]. The van der Waals surface area contributed by atoms with Crippen LogP contribution < -0.4 is 5.73 Å². The molecule has 0 aliphatic heterocycles. The van der Waals surface area contributed by atoms with Gasteiger partial charge in [-0.25, -0.2) is 9.18 Å². The minimum atomic E-state index is -0.919. The number of ketones is 1. The first-order valence-electron chi connectivity index (χ1n) is 6.38. The van der Waals surface area contributed by atoms with E-state index < -0.39 is 34.8 Å². The van der Waals surface area contributed by atoms with Crippen LogP contribution in [0.2, 0.25) is 0 Å². The molecule has 0 bridgehead atoms. The zero-order chi connectivity index (χ0) is 17.0. The van der Waals surface area contributed by atoms with E-state index in [1.807, 2.05) is 0 Å². The van der Waals surface area contributed by atoms with Crippen molar-refractivity contribution in [2.24, 2.45) is 0 Å². The Bertz CT molecular complexity index is 791. The first kappa shape index (κ1) is 16.1. The number of ether oxygens (including phenoxy) is 1. The van der Waals surface area contributed by atoms with Gasteiger partial charge in [-0.1, -0.05) is 12.1 Å². The van der Waals surface area contributed by atoms with Gasteiger partial charge < -0.3 is 10.5 Å². The van der Waals surface area contributed by atoms with E-state index in [1.54, 1.807) is 0 Å². The summed E-state index contributed by atoms with van der Waals surface area (Å²) in [6, 6.07) is 8.34. The second-order valence-corrected chi connectivity index (χ2v) is 4.54. The van der Waals surface area contributed by atoms with E-state index in [0.29, 0.717) is 0 Å². The van der Waals surface area contributed by atoms with E-state index >= 15 is 0 Å². The quantitative estimate of drug-likeness (QED) is 0.298. The first-order chi connectivity index (χ1) is 10.9. The smallest absolute Gasteiger partial charge is 0.338 e. The molecular formula is C15H11FN2O5. The normalized spacial score (nSPS) is 10.1. The van der Waals surface area contributed by atoms with Crippen molar-refractivity contribution in [3.63, 3.8) is 0 Å². The molecule has 0 aromatic heterocycles. The summed E-state index contributed by atoms with van der Waals surface area (Å²) in [5.41, 5.74) is 4.83. The highest BCUT2D eigenvalue weighted by Crippen LogP contribution is 2.22. The van der Waals surface area contributed by atoms with E-state index in [2.05, 4.69) is 0 Å². The molecule has 0 aliphatic carbocycles. The molecule has 0 aliphatic rings. The van der Waals surface area contributed by atoms with Crippen molar-refractivity contribution in [1.29, 1.82) is 0 Å². The van der Waals surface area contributed by atoms with Crippen molar-refractivity contribution >= 4 is 23.1 Å². The van der Waals surface area contributed by atoms with Gasteiger partial charge in [0, 0.05) is 11.6 Å². The summed E-state index contributed by atoms with van der Waals surface area (Å²) in [7, 11) is 0. The lowest BCUT2D eigenvalue weighted by molar-refractivity contribution is -0.383. The Balaban J connectivity index is 2.06. The summed E-state index contributed by atoms with van der Waals surface area (Å²) in [6.07, 6.45) is 0. The number of nitrogens with two attached hydrogens (primary N) is 1. The Morgan fingerprint density at radius 3 is 2.57 bits per heavy atom. The van der Waals surface area contributed by atoms with Crippen molar-refractivity contribution in [3.8, 4) is 0 Å². The van der Waals surface area contributed by atoms with Gasteiger partial charge in [0.15, 0.2) is 12.4 Å². The predicted octanol–water partition coefficient (Wildman–Crippen LogP) is 2.36. The van der Waals surface area contributed by atoms with Crippen LogP contribution in [-0.2, 0) is 4.74 Å². The fourth-order valence-corrected chi connectivity index (χ4v) is 1.79. The van der Waals surface area contributed by atoms with Gasteiger partial charge in [-0.2, -0.15) is 0 Å². The summed E-state index contributed by atoms with van der Waals surface area (Å²) in [4.78, 5) is 33.6. The molecule has 0 saturated carbocycles. The summed E-state index contributed by atoms with van der Waals surface area (Å²) in [5, 5.41) is 10.8. The second-order valence-electron chi connectivity index (χ2n) is 4.54. The fourth-order valence-electron chi connectivity index (χ4n) is 1.79. The van der Waals surface area contributed by atoms with Crippen LogP contribution in [0, 0.1) is 15.9 Å². The van der Waals surface area contributed by atoms with Crippen molar-refractivity contribution in [2.75, 3.05) is 12.3 Å². The number of hydrogen-bond donors (Lipinski definition) is 1. The maximum Gasteiger partial charge on any atom is 0.338 e. The molecular weight excluding hydrogens is 307 g/mol. The molecule has 2 aromatic carbocycles. The molecule has 2 N–H and O–H groups in total. The third kappa shape index (κ3) is 3.88. The number of halogens is 1. The van der Waals surface area contributed by atoms with Gasteiger partial charge >= 0.3 is 5.97 Å². The molecule has 0 unspecified atom stereocenters. The maximum absolute atomic E-state index is 13.0. The second kappa shape index (κ2) is 6.65. The Morgan fingerprint density at radius 2 is 1.91 bits per heavy atom. The molecule has 8 heteroatoms. The lowest BCUT2D eigenvalue weighted by atomic mass is 10.1. The minimum Gasteiger partial charge on any atom is -0.454 e. The van der Waals surface area contributed by atoms with Crippen LogP contribution >= 0.6 is 0 Å². The van der Waals surface area contributed by atoms with E-state index in [4.69, 9.17) is 10.5 Å². The van der Waals surface area contributed by atoms with E-state index in [9.17, 15) is 24.1 Å². The van der Waals surface area contributed by atoms with Gasteiger partial charge in [-0.05, 0) is 24.3 Å². The van der Waals surface area contributed by atoms with Gasteiger partial charge in [-0.15, -0.1) is 0 Å². The Labute approximate surface area is 129 Å². The molecule has 118 valence electrons. The number of benzene rings is 2. The van der Waals surface area contributed by atoms with Gasteiger partial charge in [0.25, 0.3) is 5.69 Å². The third-order valence-corrected chi connectivity index (χ3v) is 2.94. The number of nitrogens with zero attached hydrogens (tertiary/aromatic N) is 1. The molecule has 0 heterocycles. The minimum absolute atomic E-state index is 0.0566. The third-order valence-electron chi connectivity index (χ3n) is 2.94. The van der Waals surface area contributed by atoms with Crippen LogP contribution in [0.25, 0.3) is 0 Å². The molecule has 0 amide bonds. The van der Waals surface area contributed by atoms with E-state index in [0.717, 1.165) is 12.1 Å². The number of hydrogen-bond acceptors (Lipinski definition) is 6. The monoisotopic (exact) mass is 318 g/mol. The average Bonchev–Trinajstić information content (AvgIpc) is 2.52. The molecule has 0 saturated heterocycles. The highest BCUT2D eigenvalue weighted by molar-refractivity contribution is 5.99. The van der Waals surface area contributed by atoms with Crippen LogP contribution in [0.5, 0.6) is 0 Å². The highest BCUT2D eigenvalue weighted by Gasteiger charge is 2.18. The first-order valence-corrected chi connectivity index (χ1v) is 6.38. The topological polar surface area (TPSA) is 113 Å². The molecule has 0 atom stereocenters. The van der Waals surface area contributed by atoms with Gasteiger partial charge in [0.1, 0.15) is 11.5 Å². The van der Waals surface area contributed by atoms with Gasteiger partial charge in [-0.3, -0.25) is 14.9 Å². The fraction of sp³-hybridized carbons (Fsp3) is 0.0667. The Morgan fingerprint density at radius 1 is 1.17 bits per heavy atom. The number of carbonyl (C=O) groups excluding carboxylic acids is 2. The summed E-state index contributed by atoms with van der Waals surface area (Å²) < 4.78 is 17.8. The molecule has 0 radical (unpaired) electrons. The van der Waals surface area contributed by atoms with Crippen molar-refractivity contribution in [3.05, 3.63) is 69.5 Å². The standard InChI is InChI=1S/C15H11FN2O5/c16-11-3-1-2-9(6-11)14(19)8-23-15(20)10-4-5-12(17)13(7-10)18(21)22/h1-7H,8,17H2. The molecule has 2 rings (SSSR count). The molecule has 0 spiro atoms. The predicted molar refractivity (Wildman–Crippen MR) is 78.5 cm³/mol. The molecule has 2 aromatic rings. The summed E-state index contributed by atoms with van der Waals surface area (Å²) in [6.45, 7) is -0.611. The molecule has 0 fully saturated rings. The number of nitro groups is 1. The number of nitro benzene ring substituents is 1. The summed E-state index contributed by atoms with van der Waals surface area (Å²) in [5.74, 6) is -2.10. The zero-order valence-corrected chi connectivity index (χ0v) is 11.7. The Hall–Kier alpha value is -3.29. The van der Waals surface area contributed by atoms with Crippen molar-refractivity contribution in [2.45, 2.75) is 0 Å². The lowest BCUT2D eigenvalue weighted by Crippen LogP contribution is -2.14. The largest absolute Gasteiger partial charge is 0.454 e. The van der Waals surface area contributed by atoms with Crippen molar-refractivity contribution in [1.82, 2.24) is 0 Å². The van der Waals surface area contributed by atoms with Crippen molar-refractivity contribution < 1.29 is 23.6 Å². The number of nitrogen functional groups attached to an aromatic ring is 1. The van der Waals surface area contributed by atoms with Crippen LogP contribution in [0.15, 0.2) is 42.5 Å².